The van der Waals surface area contributed by atoms with Gasteiger partial charge in [0.15, 0.2) is 0 Å². The van der Waals surface area contributed by atoms with Gasteiger partial charge in [0.05, 0.1) is 18.8 Å². The van der Waals surface area contributed by atoms with E-state index in [-0.39, 0.29) is 31.0 Å². The van der Waals surface area contributed by atoms with Gasteiger partial charge < -0.3 is 19.9 Å². The van der Waals surface area contributed by atoms with Crippen molar-refractivity contribution in [3.63, 3.8) is 0 Å². The molecule has 0 fully saturated rings. The molecule has 2 aromatic rings. The Hall–Kier alpha value is -3.42. The monoisotopic (exact) mass is 738 g/mol. The lowest BCUT2D eigenvalue weighted by molar-refractivity contribution is -0.147. The molecule has 2 rings (SSSR count). The van der Waals surface area contributed by atoms with E-state index < -0.39 is 23.9 Å². The van der Waals surface area contributed by atoms with E-state index in [0.29, 0.717) is 22.9 Å². The number of rotatable bonds is 33. The number of carboxylic acid groups (broad SMARTS) is 1. The molecule has 0 aliphatic heterocycles. The zero-order valence-electron chi connectivity index (χ0n) is 33.2. The smallest absolute Gasteiger partial charge is 0.335 e. The average molecular weight is 738 g/mol. The molecule has 0 bridgehead atoms. The number of amides is 1. The van der Waals surface area contributed by atoms with Crippen LogP contribution < -0.4 is 5.32 Å². The van der Waals surface area contributed by atoms with Crippen LogP contribution in [0.3, 0.4) is 0 Å². The fraction of sp³-hybridized carbons (Fsp3) is 0.689. The summed E-state index contributed by atoms with van der Waals surface area (Å²) in [5, 5.41) is 13.5. The number of hydrogen-bond donors (Lipinski definition) is 2. The Morgan fingerprint density at radius 3 is 1.40 bits per heavy atom. The molecule has 0 aliphatic carbocycles. The first-order valence-corrected chi connectivity index (χ1v) is 21.3. The van der Waals surface area contributed by atoms with Gasteiger partial charge in [-0.15, -0.1) is 0 Å². The average Bonchev–Trinajstić information content (AvgIpc) is 3.16. The highest BCUT2D eigenvalue weighted by Gasteiger charge is 2.24. The van der Waals surface area contributed by atoms with E-state index >= 15 is 0 Å². The van der Waals surface area contributed by atoms with E-state index in [2.05, 4.69) is 19.2 Å². The van der Waals surface area contributed by atoms with Crippen LogP contribution in [0.4, 0.5) is 0 Å². The molecule has 0 saturated carbocycles. The first kappa shape index (κ1) is 45.7. The zero-order chi connectivity index (χ0) is 38.4. The molecule has 0 aliphatic rings. The first-order chi connectivity index (χ1) is 25.8. The maximum absolute atomic E-state index is 13.3. The van der Waals surface area contributed by atoms with Crippen LogP contribution >= 0.6 is 0 Å². The molecular formula is C45H71NO7. The van der Waals surface area contributed by atoms with Crippen molar-refractivity contribution in [3.05, 3.63) is 47.5 Å². The van der Waals surface area contributed by atoms with Crippen LogP contribution in [-0.2, 0) is 19.1 Å². The van der Waals surface area contributed by atoms with Gasteiger partial charge in [-0.2, -0.15) is 0 Å². The topological polar surface area (TPSA) is 119 Å². The van der Waals surface area contributed by atoms with E-state index in [4.69, 9.17) is 9.47 Å². The molecule has 1 amide bonds. The van der Waals surface area contributed by atoms with Gasteiger partial charge in [0.25, 0.3) is 5.91 Å². The predicted molar refractivity (Wildman–Crippen MR) is 215 cm³/mol. The van der Waals surface area contributed by atoms with Gasteiger partial charge in [0.2, 0.25) is 0 Å². The Labute approximate surface area is 320 Å². The number of hydrogen-bond acceptors (Lipinski definition) is 6. The first-order valence-electron chi connectivity index (χ1n) is 21.3. The lowest BCUT2D eigenvalue weighted by atomic mass is 10.0. The number of carbonyl (C=O) groups excluding carboxylic acids is 3. The van der Waals surface area contributed by atoms with Crippen molar-refractivity contribution in [1.29, 1.82) is 0 Å². The summed E-state index contributed by atoms with van der Waals surface area (Å²) in [7, 11) is 0. The molecule has 0 aromatic heterocycles. The number of fused-ring (bicyclic) bond motifs is 1. The van der Waals surface area contributed by atoms with Gasteiger partial charge in [-0.1, -0.05) is 167 Å². The highest BCUT2D eigenvalue weighted by atomic mass is 16.5. The fourth-order valence-electron chi connectivity index (χ4n) is 6.69. The highest BCUT2D eigenvalue weighted by Crippen LogP contribution is 2.19. The molecule has 1 atom stereocenters. The molecule has 0 radical (unpaired) electrons. The minimum Gasteiger partial charge on any atom is -0.478 e. The van der Waals surface area contributed by atoms with Gasteiger partial charge >= 0.3 is 17.9 Å². The van der Waals surface area contributed by atoms with E-state index in [0.717, 1.165) is 38.5 Å². The van der Waals surface area contributed by atoms with Crippen molar-refractivity contribution in [3.8, 4) is 0 Å². The molecule has 53 heavy (non-hydrogen) atoms. The van der Waals surface area contributed by atoms with Crippen molar-refractivity contribution in [1.82, 2.24) is 5.32 Å². The second-order valence-electron chi connectivity index (χ2n) is 14.8. The number of esters is 2. The summed E-state index contributed by atoms with van der Waals surface area (Å²) in [4.78, 5) is 50.4. The maximum Gasteiger partial charge on any atom is 0.335 e. The van der Waals surface area contributed by atoms with Crippen LogP contribution in [0, 0.1) is 0 Å². The van der Waals surface area contributed by atoms with E-state index in [1.807, 2.05) is 0 Å². The number of ether oxygens (including phenoxy) is 2. The van der Waals surface area contributed by atoms with Gasteiger partial charge in [-0.3, -0.25) is 9.59 Å². The zero-order valence-corrected chi connectivity index (χ0v) is 33.2. The number of nitrogens with one attached hydrogen (secondary N) is 1. The predicted octanol–water partition coefficient (Wildman–Crippen LogP) is 11.9. The summed E-state index contributed by atoms with van der Waals surface area (Å²) >= 11 is 0. The van der Waals surface area contributed by atoms with E-state index in [9.17, 15) is 24.3 Å². The Balaban J connectivity index is 1.76. The van der Waals surface area contributed by atoms with Gasteiger partial charge in [0.1, 0.15) is 6.04 Å². The standard InChI is InChI=1S/C45H71NO7/c1-3-5-7-9-11-13-15-17-19-21-23-25-33-52-42(47)32-31-41(45(51)53-34-26-24-22-20-18-16-14-12-10-8-6-4-2)46-43(48)39-29-27-38-36-40(44(49)50)30-28-37(38)35-39/h27-30,35-36,41H,3-26,31-34H2,1-2H3,(H,46,48)(H,49,50)/t41-/m0/s1. The van der Waals surface area contributed by atoms with Crippen LogP contribution in [0.1, 0.15) is 202 Å². The molecule has 298 valence electrons. The Kier molecular flexibility index (Phi) is 25.9. The van der Waals surface area contributed by atoms with Crippen molar-refractivity contribution in [2.24, 2.45) is 0 Å². The Bertz CT molecular complexity index is 1310. The molecule has 0 spiro atoms. The number of aromatic carboxylic acids is 1. The van der Waals surface area contributed by atoms with Crippen LogP contribution in [-0.4, -0.2) is 48.2 Å². The van der Waals surface area contributed by atoms with Gasteiger partial charge in [0, 0.05) is 12.0 Å². The molecule has 2 aromatic carbocycles. The summed E-state index contributed by atoms with van der Waals surface area (Å²) in [5.41, 5.74) is 0.491. The third-order valence-corrected chi connectivity index (χ3v) is 10.1. The minimum atomic E-state index is -1.02. The summed E-state index contributed by atoms with van der Waals surface area (Å²) in [6, 6.07) is 8.65. The van der Waals surface area contributed by atoms with Crippen molar-refractivity contribution in [2.75, 3.05) is 13.2 Å². The molecule has 0 saturated heterocycles. The van der Waals surface area contributed by atoms with Gasteiger partial charge in [-0.05, 0) is 54.3 Å². The third-order valence-electron chi connectivity index (χ3n) is 10.1. The summed E-state index contributed by atoms with van der Waals surface area (Å²) in [6.45, 7) is 5.12. The second kappa shape index (κ2) is 30.0. The third kappa shape index (κ3) is 21.8. The van der Waals surface area contributed by atoms with Crippen LogP contribution in [0.15, 0.2) is 36.4 Å². The highest BCUT2D eigenvalue weighted by molar-refractivity contribution is 6.01. The van der Waals surface area contributed by atoms with Crippen LogP contribution in [0.5, 0.6) is 0 Å². The lowest BCUT2D eigenvalue weighted by Gasteiger charge is -2.18. The second-order valence-corrected chi connectivity index (χ2v) is 14.8. The van der Waals surface area contributed by atoms with E-state index in [1.54, 1.807) is 30.3 Å². The Morgan fingerprint density at radius 1 is 0.547 bits per heavy atom. The number of carbonyl (C=O) groups is 4. The van der Waals surface area contributed by atoms with Gasteiger partial charge in [-0.25, -0.2) is 9.59 Å². The minimum absolute atomic E-state index is 0.00735. The maximum atomic E-state index is 13.3. The Morgan fingerprint density at radius 2 is 0.943 bits per heavy atom. The van der Waals surface area contributed by atoms with E-state index in [1.165, 1.54) is 122 Å². The van der Waals surface area contributed by atoms with Crippen LogP contribution in [0.2, 0.25) is 0 Å². The summed E-state index contributed by atoms with van der Waals surface area (Å²) in [5.74, 6) is -2.43. The molecule has 8 heteroatoms. The number of benzene rings is 2. The molecule has 8 nitrogen and oxygen atoms in total. The largest absolute Gasteiger partial charge is 0.478 e. The van der Waals surface area contributed by atoms with Crippen LogP contribution in [0.25, 0.3) is 10.8 Å². The van der Waals surface area contributed by atoms with Crippen molar-refractivity contribution >= 4 is 34.6 Å². The lowest BCUT2D eigenvalue weighted by Crippen LogP contribution is -2.42. The number of unbranched alkanes of at least 4 members (excludes halogenated alkanes) is 22. The normalized spacial score (nSPS) is 11.7. The van der Waals surface area contributed by atoms with Crippen molar-refractivity contribution < 1.29 is 33.8 Å². The summed E-state index contributed by atoms with van der Waals surface area (Å²) in [6.07, 6.45) is 29.4. The fourth-order valence-corrected chi connectivity index (χ4v) is 6.69. The summed E-state index contributed by atoms with van der Waals surface area (Å²) < 4.78 is 11.1. The molecular weight excluding hydrogens is 666 g/mol. The molecule has 0 heterocycles. The molecule has 0 unspecified atom stereocenters. The van der Waals surface area contributed by atoms with Crippen molar-refractivity contribution in [2.45, 2.75) is 187 Å². The quantitative estimate of drug-likeness (QED) is 0.0553. The SMILES string of the molecule is CCCCCCCCCCCCCCOC(=O)CC[C@H](NC(=O)c1ccc2cc(C(=O)O)ccc2c1)C(=O)OCCCCCCCCCCCCCC. The molecule has 2 N–H and O–H groups in total. The number of carboxylic acids is 1.